The maximum absolute atomic E-state index is 12.4. The highest BCUT2D eigenvalue weighted by Crippen LogP contribution is 2.19. The Morgan fingerprint density at radius 3 is 2.94 bits per heavy atom. The lowest BCUT2D eigenvalue weighted by Crippen LogP contribution is -2.36. The number of fused-ring (bicyclic) bond motifs is 1. The van der Waals surface area contributed by atoms with Gasteiger partial charge in [0.1, 0.15) is 0 Å². The molecule has 0 radical (unpaired) electrons. The van der Waals surface area contributed by atoms with Crippen LogP contribution in [0.3, 0.4) is 0 Å². The summed E-state index contributed by atoms with van der Waals surface area (Å²) in [5, 5.41) is 0. The van der Waals surface area contributed by atoms with Gasteiger partial charge in [-0.15, -0.1) is 0 Å². The second-order valence-corrected chi connectivity index (χ2v) is 4.85. The minimum absolute atomic E-state index is 0.165. The van der Waals surface area contributed by atoms with Gasteiger partial charge in [-0.25, -0.2) is 0 Å². The number of benzene rings is 1. The monoisotopic (exact) mass is 232 g/mol. The molecule has 1 atom stereocenters. The quantitative estimate of drug-likeness (QED) is 0.861. The highest BCUT2D eigenvalue weighted by atomic mass is 16.2. The summed E-state index contributed by atoms with van der Waals surface area (Å²) >= 11 is 0. The fourth-order valence-corrected chi connectivity index (χ4v) is 2.30. The maximum Gasteiger partial charge on any atom is 0.254 e. The van der Waals surface area contributed by atoms with Crippen LogP contribution >= 0.6 is 0 Å². The Kier molecular flexibility index (Phi) is 3.79. The van der Waals surface area contributed by atoms with Crippen LogP contribution in [0.1, 0.15) is 29.3 Å². The molecular weight excluding hydrogens is 212 g/mol. The third-order valence-corrected chi connectivity index (χ3v) is 3.34. The zero-order valence-corrected chi connectivity index (χ0v) is 10.4. The Morgan fingerprint density at radius 2 is 2.18 bits per heavy atom. The summed E-state index contributed by atoms with van der Waals surface area (Å²) in [5.74, 6) is 0.530. The molecule has 1 aromatic carbocycles. The summed E-state index contributed by atoms with van der Waals surface area (Å²) < 4.78 is 0. The van der Waals surface area contributed by atoms with Crippen LogP contribution in [0.5, 0.6) is 0 Å². The lowest BCUT2D eigenvalue weighted by Gasteiger charge is -2.24. The number of hydrogen-bond donors (Lipinski definition) is 1. The fourth-order valence-electron chi connectivity index (χ4n) is 2.30. The molecule has 1 amide bonds. The molecule has 2 N–H and O–H groups in total. The molecule has 1 unspecified atom stereocenters. The largest absolute Gasteiger partial charge is 0.338 e. The second-order valence-electron chi connectivity index (χ2n) is 4.85. The molecule has 0 spiro atoms. The molecule has 0 aromatic heterocycles. The van der Waals surface area contributed by atoms with Crippen LogP contribution in [-0.2, 0) is 6.42 Å². The SMILES string of the molecule is CC(CN)CN1CCCc2ccccc2C1=O. The van der Waals surface area contributed by atoms with Gasteiger partial charge in [-0.05, 0) is 36.9 Å². The average Bonchev–Trinajstić information content (AvgIpc) is 2.51. The molecule has 0 saturated heterocycles. The topological polar surface area (TPSA) is 46.3 Å². The highest BCUT2D eigenvalue weighted by Gasteiger charge is 2.22. The normalized spacial score (nSPS) is 17.5. The van der Waals surface area contributed by atoms with E-state index < -0.39 is 0 Å². The fraction of sp³-hybridized carbons (Fsp3) is 0.500. The first-order chi connectivity index (χ1) is 8.22. The zero-order chi connectivity index (χ0) is 12.3. The van der Waals surface area contributed by atoms with E-state index >= 15 is 0 Å². The van der Waals surface area contributed by atoms with Crippen molar-refractivity contribution in [1.29, 1.82) is 0 Å². The van der Waals surface area contributed by atoms with Gasteiger partial charge in [-0.2, -0.15) is 0 Å². The van der Waals surface area contributed by atoms with Crippen LogP contribution < -0.4 is 5.73 Å². The van der Waals surface area contributed by atoms with Crippen molar-refractivity contribution in [3.8, 4) is 0 Å². The molecule has 0 saturated carbocycles. The number of rotatable bonds is 3. The summed E-state index contributed by atoms with van der Waals surface area (Å²) in [5.41, 5.74) is 7.68. The first kappa shape index (κ1) is 12.1. The number of amides is 1. The second kappa shape index (κ2) is 5.32. The Hall–Kier alpha value is -1.35. The lowest BCUT2D eigenvalue weighted by molar-refractivity contribution is 0.0740. The van der Waals surface area contributed by atoms with Crippen LogP contribution in [0, 0.1) is 5.92 Å². The van der Waals surface area contributed by atoms with Gasteiger partial charge < -0.3 is 10.6 Å². The van der Waals surface area contributed by atoms with Crippen LogP contribution in [-0.4, -0.2) is 30.4 Å². The summed E-state index contributed by atoms with van der Waals surface area (Å²) in [6.45, 7) is 4.33. The molecule has 1 aromatic rings. The predicted octanol–water partition coefficient (Wildman–Crippen LogP) is 1.67. The standard InChI is InChI=1S/C14H20N2O/c1-11(9-15)10-16-8-4-6-12-5-2-3-7-13(12)14(16)17/h2-3,5,7,11H,4,6,8-10,15H2,1H3. The van der Waals surface area contributed by atoms with Crippen molar-refractivity contribution in [1.82, 2.24) is 4.90 Å². The van der Waals surface area contributed by atoms with Crippen molar-refractivity contribution in [2.75, 3.05) is 19.6 Å². The van der Waals surface area contributed by atoms with Crippen LogP contribution in [0.4, 0.5) is 0 Å². The van der Waals surface area contributed by atoms with Gasteiger partial charge in [0.25, 0.3) is 5.91 Å². The molecule has 0 aliphatic carbocycles. The Morgan fingerprint density at radius 1 is 1.41 bits per heavy atom. The summed E-state index contributed by atoms with van der Waals surface area (Å²) in [6.07, 6.45) is 2.04. The highest BCUT2D eigenvalue weighted by molar-refractivity contribution is 5.96. The van der Waals surface area contributed by atoms with Crippen molar-refractivity contribution < 1.29 is 4.79 Å². The Labute approximate surface area is 103 Å². The van der Waals surface area contributed by atoms with Gasteiger partial charge in [-0.3, -0.25) is 4.79 Å². The van der Waals surface area contributed by atoms with Gasteiger partial charge in [-0.1, -0.05) is 25.1 Å². The van der Waals surface area contributed by atoms with E-state index in [1.54, 1.807) is 0 Å². The third kappa shape index (κ3) is 2.67. The van der Waals surface area contributed by atoms with E-state index in [1.807, 2.05) is 23.1 Å². The van der Waals surface area contributed by atoms with Crippen LogP contribution in [0.2, 0.25) is 0 Å². The number of carbonyl (C=O) groups excluding carboxylic acids is 1. The molecule has 17 heavy (non-hydrogen) atoms. The van der Waals surface area contributed by atoms with Gasteiger partial charge in [0.05, 0.1) is 0 Å². The van der Waals surface area contributed by atoms with E-state index in [2.05, 4.69) is 13.0 Å². The van der Waals surface area contributed by atoms with Crippen molar-refractivity contribution in [2.45, 2.75) is 19.8 Å². The van der Waals surface area contributed by atoms with Crippen molar-refractivity contribution in [2.24, 2.45) is 11.7 Å². The van der Waals surface area contributed by atoms with Gasteiger partial charge in [0.15, 0.2) is 0 Å². The number of nitrogens with two attached hydrogens (primary N) is 1. The van der Waals surface area contributed by atoms with Crippen LogP contribution in [0.25, 0.3) is 0 Å². The molecule has 3 nitrogen and oxygen atoms in total. The van der Waals surface area contributed by atoms with Gasteiger partial charge >= 0.3 is 0 Å². The number of carbonyl (C=O) groups is 1. The van der Waals surface area contributed by atoms with E-state index in [4.69, 9.17) is 5.73 Å². The van der Waals surface area contributed by atoms with Crippen molar-refractivity contribution in [3.63, 3.8) is 0 Å². The first-order valence-electron chi connectivity index (χ1n) is 6.29. The zero-order valence-electron chi connectivity index (χ0n) is 10.4. The molecular formula is C14H20N2O. The third-order valence-electron chi connectivity index (χ3n) is 3.34. The lowest BCUT2D eigenvalue weighted by atomic mass is 10.0. The predicted molar refractivity (Wildman–Crippen MR) is 68.9 cm³/mol. The number of aryl methyl sites for hydroxylation is 1. The van der Waals surface area contributed by atoms with Crippen molar-refractivity contribution >= 4 is 5.91 Å². The van der Waals surface area contributed by atoms with Gasteiger partial charge in [0.2, 0.25) is 0 Å². The molecule has 0 fully saturated rings. The number of hydrogen-bond acceptors (Lipinski definition) is 2. The molecule has 92 valence electrons. The first-order valence-corrected chi connectivity index (χ1v) is 6.29. The Bertz CT molecular complexity index is 403. The molecule has 3 heteroatoms. The van der Waals surface area contributed by atoms with E-state index in [-0.39, 0.29) is 5.91 Å². The van der Waals surface area contributed by atoms with Crippen molar-refractivity contribution in [3.05, 3.63) is 35.4 Å². The smallest absolute Gasteiger partial charge is 0.254 e. The molecule has 1 heterocycles. The summed E-state index contributed by atoms with van der Waals surface area (Å²) in [4.78, 5) is 14.3. The minimum atomic E-state index is 0.165. The average molecular weight is 232 g/mol. The molecule has 0 bridgehead atoms. The van der Waals surface area contributed by atoms with Crippen LogP contribution in [0.15, 0.2) is 24.3 Å². The molecule has 2 rings (SSSR count). The minimum Gasteiger partial charge on any atom is -0.338 e. The van der Waals surface area contributed by atoms with E-state index in [9.17, 15) is 4.79 Å². The Balaban J connectivity index is 2.20. The van der Waals surface area contributed by atoms with E-state index in [0.29, 0.717) is 12.5 Å². The summed E-state index contributed by atoms with van der Waals surface area (Å²) in [6, 6.07) is 7.93. The van der Waals surface area contributed by atoms with E-state index in [1.165, 1.54) is 5.56 Å². The molecule has 1 aliphatic rings. The summed E-state index contributed by atoms with van der Waals surface area (Å²) in [7, 11) is 0. The number of nitrogens with zero attached hydrogens (tertiary/aromatic N) is 1. The molecule has 1 aliphatic heterocycles. The maximum atomic E-state index is 12.4. The van der Waals surface area contributed by atoms with Gasteiger partial charge in [0, 0.05) is 18.7 Å². The van der Waals surface area contributed by atoms with E-state index in [0.717, 1.165) is 31.5 Å².